The van der Waals surface area contributed by atoms with Gasteiger partial charge in [0.05, 0.1) is 19.0 Å². The fourth-order valence-corrected chi connectivity index (χ4v) is 4.87. The summed E-state index contributed by atoms with van der Waals surface area (Å²) in [7, 11) is 1.62. The summed E-state index contributed by atoms with van der Waals surface area (Å²) in [5.41, 5.74) is 1.49. The Morgan fingerprint density at radius 1 is 0.897 bits per heavy atom. The van der Waals surface area contributed by atoms with Crippen molar-refractivity contribution in [3.05, 3.63) is 73.1 Å². The fraction of sp³-hybridized carbons (Fsp3) is 0.179. The van der Waals surface area contributed by atoms with E-state index in [4.69, 9.17) is 13.9 Å². The van der Waals surface area contributed by atoms with Crippen LogP contribution in [0.15, 0.2) is 77.5 Å². The molecule has 1 spiro atoms. The van der Waals surface area contributed by atoms with E-state index in [9.17, 15) is 14.4 Å². The molecular weight excluding hydrogens is 502 g/mol. The van der Waals surface area contributed by atoms with Gasteiger partial charge in [-0.05, 0) is 67.4 Å². The first-order valence-corrected chi connectivity index (χ1v) is 12.2. The molecule has 2 aromatic heterocycles. The lowest BCUT2D eigenvalue weighted by Crippen LogP contribution is -2.71. The molecule has 4 amide bonds. The van der Waals surface area contributed by atoms with Crippen molar-refractivity contribution in [2.75, 3.05) is 18.6 Å². The third-order valence-electron chi connectivity index (χ3n) is 6.83. The van der Waals surface area contributed by atoms with Gasteiger partial charge in [-0.2, -0.15) is 0 Å². The molecule has 2 saturated heterocycles. The molecule has 2 fully saturated rings. The molecule has 0 bridgehead atoms. The number of oxazole rings is 1. The van der Waals surface area contributed by atoms with Gasteiger partial charge in [0.2, 0.25) is 11.8 Å². The number of methoxy groups -OCH3 is 1. The minimum absolute atomic E-state index is 0.301. The number of hydrogen-bond acceptors (Lipinski definition) is 9. The Labute approximate surface area is 222 Å². The van der Waals surface area contributed by atoms with Crippen LogP contribution in [0.4, 0.5) is 10.5 Å². The number of carbonyl (C=O) groups is 3. The van der Waals surface area contributed by atoms with E-state index >= 15 is 0 Å². The smallest absolute Gasteiger partial charge is 0.328 e. The maximum Gasteiger partial charge on any atom is 0.328 e. The monoisotopic (exact) mass is 525 g/mol. The molecule has 0 radical (unpaired) electrons. The number of carbonyl (C=O) groups excluding carboxylic acids is 3. The molecule has 2 aromatic carbocycles. The highest BCUT2D eigenvalue weighted by Crippen LogP contribution is 2.36. The number of anilines is 1. The van der Waals surface area contributed by atoms with Crippen LogP contribution in [0.5, 0.6) is 17.4 Å². The molecule has 11 heteroatoms. The standard InChI is InChI=1S/C28H23N5O6/c1-37-20-8-5-18(6-9-20)24-30-22(16-38-24)17-3-10-21(11-4-17)39-23-12-7-19(15-29-23)33-14-2-13-28(33)25(34)31-27(36)32-26(28)35/h3-12,15-16H,2,13-14H2,1H3,(H2,31,32,34,35,36). The van der Waals surface area contributed by atoms with Crippen molar-refractivity contribution in [1.82, 2.24) is 20.6 Å². The summed E-state index contributed by atoms with van der Waals surface area (Å²) in [4.78, 5) is 47.5. The topological polar surface area (TPSA) is 136 Å². The molecular formula is C28H23N5O6. The van der Waals surface area contributed by atoms with E-state index in [1.54, 1.807) is 48.7 Å². The van der Waals surface area contributed by atoms with Crippen molar-refractivity contribution in [2.45, 2.75) is 18.4 Å². The molecule has 2 aliphatic heterocycles. The van der Waals surface area contributed by atoms with Crippen molar-refractivity contribution in [3.63, 3.8) is 0 Å². The van der Waals surface area contributed by atoms with E-state index < -0.39 is 23.4 Å². The Balaban J connectivity index is 1.14. The Morgan fingerprint density at radius 3 is 2.26 bits per heavy atom. The molecule has 196 valence electrons. The summed E-state index contributed by atoms with van der Waals surface area (Å²) in [6.45, 7) is 0.473. The summed E-state index contributed by atoms with van der Waals surface area (Å²) in [6.07, 6.45) is 4.07. The zero-order valence-corrected chi connectivity index (χ0v) is 20.8. The first kappa shape index (κ1) is 24.2. The number of hydrogen-bond donors (Lipinski definition) is 2. The SMILES string of the molecule is COc1ccc(-c2nc(-c3ccc(Oc4ccc(N5CCCC56C(=O)NC(=O)NC6=O)cn4)cc3)co2)cc1. The minimum Gasteiger partial charge on any atom is -0.497 e. The lowest BCUT2D eigenvalue weighted by molar-refractivity contribution is -0.137. The highest BCUT2D eigenvalue weighted by molar-refractivity contribution is 6.24. The zero-order chi connectivity index (χ0) is 27.0. The van der Waals surface area contributed by atoms with Crippen LogP contribution in [0.3, 0.4) is 0 Å². The number of benzene rings is 2. The molecule has 39 heavy (non-hydrogen) atoms. The predicted molar refractivity (Wildman–Crippen MR) is 139 cm³/mol. The number of nitrogens with zero attached hydrogens (tertiary/aromatic N) is 3. The highest BCUT2D eigenvalue weighted by atomic mass is 16.5. The number of amides is 4. The first-order chi connectivity index (χ1) is 19.0. The second kappa shape index (κ2) is 9.60. The van der Waals surface area contributed by atoms with Gasteiger partial charge in [-0.1, -0.05) is 0 Å². The van der Waals surface area contributed by atoms with E-state index in [0.29, 0.717) is 48.3 Å². The van der Waals surface area contributed by atoms with E-state index in [2.05, 4.69) is 20.6 Å². The van der Waals surface area contributed by atoms with Crippen molar-refractivity contribution in [3.8, 4) is 40.1 Å². The van der Waals surface area contributed by atoms with Gasteiger partial charge in [0.15, 0.2) is 5.54 Å². The number of urea groups is 1. The molecule has 0 aliphatic carbocycles. The van der Waals surface area contributed by atoms with Gasteiger partial charge in [0.25, 0.3) is 11.8 Å². The molecule has 11 nitrogen and oxygen atoms in total. The minimum atomic E-state index is -1.47. The number of ether oxygens (including phenoxy) is 2. The lowest BCUT2D eigenvalue weighted by atomic mass is 9.92. The van der Waals surface area contributed by atoms with Crippen LogP contribution in [0.2, 0.25) is 0 Å². The summed E-state index contributed by atoms with van der Waals surface area (Å²) < 4.78 is 16.7. The molecule has 4 aromatic rings. The Hall–Kier alpha value is -5.19. The third kappa shape index (κ3) is 4.33. The van der Waals surface area contributed by atoms with Gasteiger partial charge in [-0.3, -0.25) is 20.2 Å². The van der Waals surface area contributed by atoms with Gasteiger partial charge < -0.3 is 18.8 Å². The number of rotatable bonds is 6. The number of nitrogens with one attached hydrogen (secondary N) is 2. The largest absolute Gasteiger partial charge is 0.497 e. The van der Waals surface area contributed by atoms with Crippen molar-refractivity contribution < 1.29 is 28.3 Å². The van der Waals surface area contributed by atoms with Crippen molar-refractivity contribution in [1.29, 1.82) is 0 Å². The predicted octanol–water partition coefficient (Wildman–Crippen LogP) is 3.91. The fourth-order valence-electron chi connectivity index (χ4n) is 4.87. The molecule has 0 unspecified atom stereocenters. The van der Waals surface area contributed by atoms with Crippen LogP contribution in [0.25, 0.3) is 22.7 Å². The molecule has 2 aliphatic rings. The number of aromatic nitrogens is 2. The summed E-state index contributed by atoms with van der Waals surface area (Å²) in [5.74, 6) is 0.921. The van der Waals surface area contributed by atoms with Crippen LogP contribution >= 0.6 is 0 Å². The van der Waals surface area contributed by atoms with Gasteiger partial charge in [-0.25, -0.2) is 14.8 Å². The van der Waals surface area contributed by atoms with Crippen LogP contribution in [-0.2, 0) is 9.59 Å². The van der Waals surface area contributed by atoms with Gasteiger partial charge in [0.1, 0.15) is 23.5 Å². The highest BCUT2D eigenvalue weighted by Gasteiger charge is 2.57. The van der Waals surface area contributed by atoms with E-state index in [1.165, 1.54) is 0 Å². The van der Waals surface area contributed by atoms with Crippen LogP contribution in [0, 0.1) is 0 Å². The van der Waals surface area contributed by atoms with Crippen LogP contribution < -0.4 is 25.0 Å². The quantitative estimate of drug-likeness (QED) is 0.359. The molecule has 4 heterocycles. The van der Waals surface area contributed by atoms with Crippen molar-refractivity contribution in [2.24, 2.45) is 0 Å². The molecule has 0 saturated carbocycles. The van der Waals surface area contributed by atoms with E-state index in [1.807, 2.05) is 36.4 Å². The number of imide groups is 2. The maximum absolute atomic E-state index is 12.7. The van der Waals surface area contributed by atoms with Crippen LogP contribution in [0.1, 0.15) is 12.8 Å². The Bertz CT molecular complexity index is 1530. The third-order valence-corrected chi connectivity index (χ3v) is 6.83. The molecule has 0 atom stereocenters. The summed E-state index contributed by atoms with van der Waals surface area (Å²) in [6, 6.07) is 17.4. The van der Waals surface area contributed by atoms with Crippen LogP contribution in [-0.4, -0.2) is 47.0 Å². The van der Waals surface area contributed by atoms with Crippen molar-refractivity contribution >= 4 is 23.5 Å². The number of barbiturate groups is 1. The van der Waals surface area contributed by atoms with Gasteiger partial charge >= 0.3 is 6.03 Å². The average Bonchev–Trinajstić information content (AvgIpc) is 3.62. The maximum atomic E-state index is 12.7. The molecule has 2 N–H and O–H groups in total. The summed E-state index contributed by atoms with van der Waals surface area (Å²) >= 11 is 0. The normalized spacial score (nSPS) is 16.2. The van der Waals surface area contributed by atoms with Gasteiger partial charge in [0, 0.05) is 23.7 Å². The Morgan fingerprint density at radius 2 is 1.59 bits per heavy atom. The lowest BCUT2D eigenvalue weighted by Gasteiger charge is -2.38. The number of pyridine rings is 1. The second-order valence-electron chi connectivity index (χ2n) is 9.10. The first-order valence-electron chi connectivity index (χ1n) is 12.2. The van der Waals surface area contributed by atoms with E-state index in [0.717, 1.165) is 16.9 Å². The van der Waals surface area contributed by atoms with Gasteiger partial charge in [-0.15, -0.1) is 0 Å². The second-order valence-corrected chi connectivity index (χ2v) is 9.10. The zero-order valence-electron chi connectivity index (χ0n) is 20.8. The molecule has 6 rings (SSSR count). The average molecular weight is 526 g/mol. The summed E-state index contributed by atoms with van der Waals surface area (Å²) in [5, 5.41) is 4.41. The Kier molecular flexibility index (Phi) is 5.95. The van der Waals surface area contributed by atoms with E-state index in [-0.39, 0.29) is 0 Å².